The van der Waals surface area contributed by atoms with Crippen molar-refractivity contribution in [1.82, 2.24) is 9.78 Å². The van der Waals surface area contributed by atoms with Gasteiger partial charge in [0.05, 0.1) is 29.5 Å². The van der Waals surface area contributed by atoms with Crippen LogP contribution in [0.3, 0.4) is 0 Å². The van der Waals surface area contributed by atoms with E-state index in [9.17, 15) is 0 Å². The Morgan fingerprint density at radius 2 is 2.33 bits per heavy atom. The highest BCUT2D eigenvalue weighted by Gasteiger charge is 2.41. The molecule has 2 fully saturated rings. The van der Waals surface area contributed by atoms with E-state index in [2.05, 4.69) is 10.4 Å². The molecule has 0 aromatic carbocycles. The molecule has 2 aliphatic heterocycles. The Balaban J connectivity index is 1.86. The quantitative estimate of drug-likeness (QED) is 0.802. The molecule has 5 nitrogen and oxygen atoms in total. The van der Waals surface area contributed by atoms with Crippen molar-refractivity contribution < 1.29 is 4.74 Å². The van der Waals surface area contributed by atoms with Crippen LogP contribution >= 0.6 is 12.2 Å². The SMILES string of the molecule is Cc1nn(C)c(NC2CC3CCC2O3)c1C(N)=S. The maximum Gasteiger partial charge on any atom is 0.134 e. The number of aryl methyl sites for hydroxylation is 2. The summed E-state index contributed by atoms with van der Waals surface area (Å²) in [6.45, 7) is 1.93. The second-order valence-corrected chi connectivity index (χ2v) is 5.60. The summed E-state index contributed by atoms with van der Waals surface area (Å²) in [6, 6.07) is 0.353. The van der Waals surface area contributed by atoms with E-state index >= 15 is 0 Å². The van der Waals surface area contributed by atoms with Gasteiger partial charge in [-0.2, -0.15) is 5.10 Å². The number of aromatic nitrogens is 2. The molecule has 0 aliphatic carbocycles. The molecule has 98 valence electrons. The molecular formula is C12H18N4OS. The molecule has 2 bridgehead atoms. The van der Waals surface area contributed by atoms with Crippen LogP contribution in [0.25, 0.3) is 0 Å². The van der Waals surface area contributed by atoms with E-state index < -0.39 is 0 Å². The fraction of sp³-hybridized carbons (Fsp3) is 0.667. The van der Waals surface area contributed by atoms with Gasteiger partial charge in [-0.3, -0.25) is 4.68 Å². The van der Waals surface area contributed by atoms with Crippen molar-refractivity contribution in [1.29, 1.82) is 0 Å². The van der Waals surface area contributed by atoms with Gasteiger partial charge in [0.2, 0.25) is 0 Å². The smallest absolute Gasteiger partial charge is 0.134 e. The third kappa shape index (κ3) is 1.80. The fourth-order valence-electron chi connectivity index (χ4n) is 3.08. The first-order valence-electron chi connectivity index (χ1n) is 6.31. The van der Waals surface area contributed by atoms with E-state index in [0.717, 1.165) is 29.9 Å². The van der Waals surface area contributed by atoms with Crippen LogP contribution in [0.15, 0.2) is 0 Å². The number of ether oxygens (including phenoxy) is 1. The van der Waals surface area contributed by atoms with Crippen LogP contribution in [0, 0.1) is 6.92 Å². The minimum Gasteiger partial charge on any atom is -0.389 e. The lowest BCUT2D eigenvalue weighted by molar-refractivity contribution is 0.102. The topological polar surface area (TPSA) is 65.1 Å². The van der Waals surface area contributed by atoms with Crippen LogP contribution in [-0.2, 0) is 11.8 Å². The molecule has 2 saturated heterocycles. The molecular weight excluding hydrogens is 248 g/mol. The summed E-state index contributed by atoms with van der Waals surface area (Å²) in [5.41, 5.74) is 7.51. The van der Waals surface area contributed by atoms with Crippen LogP contribution in [0.5, 0.6) is 0 Å². The summed E-state index contributed by atoms with van der Waals surface area (Å²) >= 11 is 5.11. The minimum atomic E-state index is 0.324. The van der Waals surface area contributed by atoms with Gasteiger partial charge in [0.25, 0.3) is 0 Å². The Morgan fingerprint density at radius 3 is 2.89 bits per heavy atom. The lowest BCUT2D eigenvalue weighted by Gasteiger charge is -2.21. The first-order chi connectivity index (χ1) is 8.56. The average Bonchev–Trinajstić information content (AvgIpc) is 2.94. The van der Waals surface area contributed by atoms with Gasteiger partial charge in [0, 0.05) is 7.05 Å². The summed E-state index contributed by atoms with van der Waals surface area (Å²) in [5, 5.41) is 7.90. The molecule has 0 spiro atoms. The van der Waals surface area contributed by atoms with E-state index in [0.29, 0.717) is 23.2 Å². The molecule has 0 amide bonds. The number of nitrogens with two attached hydrogens (primary N) is 1. The Hall–Kier alpha value is -1.14. The van der Waals surface area contributed by atoms with Gasteiger partial charge < -0.3 is 15.8 Å². The minimum absolute atomic E-state index is 0.324. The van der Waals surface area contributed by atoms with Crippen molar-refractivity contribution in [2.75, 3.05) is 5.32 Å². The molecule has 1 aromatic heterocycles. The van der Waals surface area contributed by atoms with Crippen molar-refractivity contribution in [3.05, 3.63) is 11.3 Å². The van der Waals surface area contributed by atoms with Gasteiger partial charge in [0.15, 0.2) is 0 Å². The van der Waals surface area contributed by atoms with E-state index in [1.165, 1.54) is 6.42 Å². The fourth-order valence-corrected chi connectivity index (χ4v) is 3.33. The van der Waals surface area contributed by atoms with Crippen molar-refractivity contribution >= 4 is 23.0 Å². The first-order valence-corrected chi connectivity index (χ1v) is 6.72. The highest BCUT2D eigenvalue weighted by molar-refractivity contribution is 7.80. The Kier molecular flexibility index (Phi) is 2.79. The summed E-state index contributed by atoms with van der Waals surface area (Å²) in [5.74, 6) is 0.918. The number of nitrogens with zero attached hydrogens (tertiary/aromatic N) is 2. The second-order valence-electron chi connectivity index (χ2n) is 5.16. The summed E-state index contributed by atoms with van der Waals surface area (Å²) in [7, 11) is 1.91. The zero-order chi connectivity index (χ0) is 12.9. The first kappa shape index (κ1) is 11.9. The lowest BCUT2D eigenvalue weighted by Crippen LogP contribution is -2.32. The number of thiocarbonyl (C=S) groups is 1. The lowest BCUT2D eigenvalue weighted by atomic mass is 9.95. The average molecular weight is 266 g/mol. The maximum atomic E-state index is 5.85. The highest BCUT2D eigenvalue weighted by Crippen LogP contribution is 2.36. The highest BCUT2D eigenvalue weighted by atomic mass is 32.1. The van der Waals surface area contributed by atoms with Gasteiger partial charge in [0.1, 0.15) is 10.8 Å². The molecule has 3 unspecified atom stereocenters. The number of fused-ring (bicyclic) bond motifs is 2. The van der Waals surface area contributed by atoms with Crippen molar-refractivity contribution in [3.63, 3.8) is 0 Å². The normalized spacial score (nSPS) is 29.8. The van der Waals surface area contributed by atoms with Gasteiger partial charge >= 0.3 is 0 Å². The monoisotopic (exact) mass is 266 g/mol. The predicted molar refractivity (Wildman–Crippen MR) is 73.8 cm³/mol. The van der Waals surface area contributed by atoms with Crippen LogP contribution < -0.4 is 11.1 Å². The largest absolute Gasteiger partial charge is 0.389 e. The van der Waals surface area contributed by atoms with Crippen molar-refractivity contribution in [2.45, 2.75) is 44.4 Å². The Morgan fingerprint density at radius 1 is 1.56 bits per heavy atom. The van der Waals surface area contributed by atoms with Crippen molar-refractivity contribution in [3.8, 4) is 0 Å². The zero-order valence-corrected chi connectivity index (χ0v) is 11.5. The molecule has 3 heterocycles. The molecule has 2 aliphatic rings. The summed E-state index contributed by atoms with van der Waals surface area (Å²) in [6.07, 6.45) is 4.14. The number of hydrogen-bond donors (Lipinski definition) is 2. The third-order valence-corrected chi connectivity index (χ3v) is 4.10. The van der Waals surface area contributed by atoms with E-state index in [4.69, 9.17) is 22.7 Å². The van der Waals surface area contributed by atoms with Crippen LogP contribution in [-0.4, -0.2) is 33.0 Å². The van der Waals surface area contributed by atoms with Gasteiger partial charge in [-0.25, -0.2) is 0 Å². The van der Waals surface area contributed by atoms with E-state index in [1.807, 2.05) is 18.7 Å². The Bertz CT molecular complexity index is 499. The third-order valence-electron chi connectivity index (χ3n) is 3.90. The van der Waals surface area contributed by atoms with Gasteiger partial charge in [-0.1, -0.05) is 12.2 Å². The molecule has 0 radical (unpaired) electrons. The number of hydrogen-bond acceptors (Lipinski definition) is 4. The number of nitrogens with one attached hydrogen (secondary N) is 1. The van der Waals surface area contributed by atoms with E-state index in [-0.39, 0.29) is 0 Å². The van der Waals surface area contributed by atoms with Crippen LogP contribution in [0.1, 0.15) is 30.5 Å². The van der Waals surface area contributed by atoms with Gasteiger partial charge in [-0.15, -0.1) is 0 Å². The molecule has 1 aromatic rings. The molecule has 18 heavy (non-hydrogen) atoms. The second kappa shape index (κ2) is 4.20. The number of anilines is 1. The van der Waals surface area contributed by atoms with E-state index in [1.54, 1.807) is 0 Å². The zero-order valence-electron chi connectivity index (χ0n) is 10.6. The predicted octanol–water partition coefficient (Wildman–Crippen LogP) is 1.09. The molecule has 0 saturated carbocycles. The molecule has 3 N–H and O–H groups in total. The maximum absolute atomic E-state index is 5.85. The Labute approximate surface area is 112 Å². The summed E-state index contributed by atoms with van der Waals surface area (Å²) < 4.78 is 7.66. The summed E-state index contributed by atoms with van der Waals surface area (Å²) in [4.78, 5) is 0.396. The molecule has 3 atom stereocenters. The van der Waals surface area contributed by atoms with Crippen molar-refractivity contribution in [2.24, 2.45) is 12.8 Å². The molecule has 3 rings (SSSR count). The standard InChI is InChI=1S/C12H18N4OS/c1-6-10(11(13)18)12(16(2)15-6)14-8-5-7-3-4-9(8)17-7/h7-9,14H,3-5H2,1-2H3,(H2,13,18). The number of rotatable bonds is 3. The molecule has 6 heteroatoms. The van der Waals surface area contributed by atoms with Crippen LogP contribution in [0.4, 0.5) is 5.82 Å². The van der Waals surface area contributed by atoms with Gasteiger partial charge in [-0.05, 0) is 26.2 Å². The van der Waals surface area contributed by atoms with Crippen LogP contribution in [0.2, 0.25) is 0 Å².